The van der Waals surface area contributed by atoms with E-state index in [0.29, 0.717) is 40.5 Å². The highest BCUT2D eigenvalue weighted by Crippen LogP contribution is 2.42. The fourth-order valence-corrected chi connectivity index (χ4v) is 5.04. The number of methoxy groups -OCH3 is 1. The number of halogens is 1. The van der Waals surface area contributed by atoms with Crippen molar-refractivity contribution in [1.29, 1.82) is 0 Å². The second-order valence-electron chi connectivity index (χ2n) is 8.90. The molecule has 4 aromatic rings. The average Bonchev–Trinajstić information content (AvgIpc) is 3.22. The third kappa shape index (κ3) is 4.73. The van der Waals surface area contributed by atoms with Gasteiger partial charge in [0, 0.05) is 10.7 Å². The molecule has 2 aromatic carbocycles. The van der Waals surface area contributed by atoms with Crippen molar-refractivity contribution in [3.05, 3.63) is 92.4 Å². The number of rotatable bonds is 9. The van der Waals surface area contributed by atoms with E-state index in [-0.39, 0.29) is 16.8 Å². The Balaban J connectivity index is 1.62. The van der Waals surface area contributed by atoms with Crippen LogP contribution in [0.5, 0.6) is 11.5 Å². The molecule has 1 atom stereocenters. The zero-order valence-corrected chi connectivity index (χ0v) is 22.3. The average molecular weight is 563 g/mol. The molecule has 8 heteroatoms. The molecule has 0 radical (unpaired) electrons. The van der Waals surface area contributed by atoms with Gasteiger partial charge in [0.1, 0.15) is 11.4 Å². The predicted molar refractivity (Wildman–Crippen MR) is 146 cm³/mol. The second kappa shape index (κ2) is 10.8. The quantitative estimate of drug-likeness (QED) is 0.212. The molecule has 1 aliphatic rings. The van der Waals surface area contributed by atoms with Crippen LogP contribution in [0.25, 0.3) is 11.0 Å². The summed E-state index contributed by atoms with van der Waals surface area (Å²) in [6, 6.07) is 15.2. The number of amides is 1. The van der Waals surface area contributed by atoms with E-state index in [0.717, 1.165) is 23.7 Å². The Morgan fingerprint density at radius 3 is 2.65 bits per heavy atom. The normalized spacial score (nSPS) is 14.7. The van der Waals surface area contributed by atoms with E-state index in [1.165, 1.54) is 11.3 Å². The summed E-state index contributed by atoms with van der Waals surface area (Å²) in [5.74, 6) is 1.17. The van der Waals surface area contributed by atoms with Crippen LogP contribution in [0.1, 0.15) is 60.3 Å². The number of hydrogen-bond acceptors (Lipinski definition) is 6. The molecule has 1 unspecified atom stereocenters. The van der Waals surface area contributed by atoms with Gasteiger partial charge in [0.15, 0.2) is 16.9 Å². The van der Waals surface area contributed by atoms with Crippen LogP contribution in [0.4, 0.5) is 5.82 Å². The number of fused-ring (bicyclic) bond motifs is 2. The maximum Gasteiger partial charge on any atom is 0.296 e. The van der Waals surface area contributed by atoms with Gasteiger partial charge in [0.2, 0.25) is 5.76 Å². The molecule has 37 heavy (non-hydrogen) atoms. The Labute approximate surface area is 223 Å². The summed E-state index contributed by atoms with van der Waals surface area (Å²) in [7, 11) is 1.58. The number of carbonyl (C=O) groups excluding carboxylic acids is 1. The molecule has 190 valence electrons. The highest BCUT2D eigenvalue weighted by Gasteiger charge is 2.44. The molecule has 0 N–H and O–H groups in total. The smallest absolute Gasteiger partial charge is 0.296 e. The first kappa shape index (κ1) is 25.0. The lowest BCUT2D eigenvalue weighted by Crippen LogP contribution is -2.30. The van der Waals surface area contributed by atoms with Crippen LogP contribution in [0.2, 0.25) is 0 Å². The SMILES string of the molecule is CCCCCCOc1ccc(C2c3c(oc4ccc(Br)cc4c3=O)C(=O)N2c2ccccn2)cc1OC. The minimum Gasteiger partial charge on any atom is -0.493 e. The van der Waals surface area contributed by atoms with Crippen LogP contribution in [0.15, 0.2) is 74.5 Å². The number of ether oxygens (including phenoxy) is 2. The van der Waals surface area contributed by atoms with Gasteiger partial charge in [0.05, 0.1) is 30.7 Å². The van der Waals surface area contributed by atoms with Crippen molar-refractivity contribution in [2.24, 2.45) is 0 Å². The molecule has 0 spiro atoms. The van der Waals surface area contributed by atoms with Gasteiger partial charge in [-0.1, -0.05) is 54.2 Å². The van der Waals surface area contributed by atoms with Crippen LogP contribution in [0.3, 0.4) is 0 Å². The Morgan fingerprint density at radius 1 is 1.03 bits per heavy atom. The number of aromatic nitrogens is 1. The predicted octanol–water partition coefficient (Wildman–Crippen LogP) is 6.67. The third-order valence-electron chi connectivity index (χ3n) is 6.49. The van der Waals surface area contributed by atoms with E-state index in [9.17, 15) is 9.59 Å². The Hall–Kier alpha value is -3.65. The molecule has 5 rings (SSSR count). The molecule has 1 aliphatic heterocycles. The first-order valence-corrected chi connectivity index (χ1v) is 13.1. The van der Waals surface area contributed by atoms with Crippen LogP contribution >= 0.6 is 15.9 Å². The molecule has 1 amide bonds. The Kier molecular flexibility index (Phi) is 7.28. The summed E-state index contributed by atoms with van der Waals surface area (Å²) < 4.78 is 18.4. The van der Waals surface area contributed by atoms with E-state index in [2.05, 4.69) is 27.8 Å². The molecule has 0 aliphatic carbocycles. The van der Waals surface area contributed by atoms with Crippen LogP contribution in [-0.2, 0) is 0 Å². The van der Waals surface area contributed by atoms with E-state index in [1.807, 2.05) is 18.2 Å². The highest BCUT2D eigenvalue weighted by molar-refractivity contribution is 9.10. The van der Waals surface area contributed by atoms with E-state index in [4.69, 9.17) is 13.9 Å². The maximum absolute atomic E-state index is 13.8. The zero-order chi connectivity index (χ0) is 25.9. The van der Waals surface area contributed by atoms with Crippen molar-refractivity contribution in [3.8, 4) is 11.5 Å². The van der Waals surface area contributed by atoms with Crippen molar-refractivity contribution < 1.29 is 18.7 Å². The number of hydrogen-bond donors (Lipinski definition) is 0. The second-order valence-corrected chi connectivity index (χ2v) is 9.82. The molecule has 0 saturated carbocycles. The Morgan fingerprint density at radius 2 is 1.89 bits per heavy atom. The topological polar surface area (TPSA) is 81.9 Å². The molecule has 0 fully saturated rings. The van der Waals surface area contributed by atoms with E-state index < -0.39 is 11.9 Å². The standard InChI is InChI=1S/C29H27BrN2O5/c1-3-4-5-8-15-36-22-12-10-18(16-23(22)35-2)26-25-27(33)20-17-19(30)11-13-21(20)37-28(25)29(34)32(26)24-9-6-7-14-31-24/h6-7,9-14,16-17,26H,3-5,8,15H2,1-2H3. The first-order chi connectivity index (χ1) is 18.0. The largest absolute Gasteiger partial charge is 0.493 e. The summed E-state index contributed by atoms with van der Waals surface area (Å²) in [5.41, 5.74) is 1.06. The van der Waals surface area contributed by atoms with Gasteiger partial charge in [-0.2, -0.15) is 0 Å². The van der Waals surface area contributed by atoms with Crippen LogP contribution in [0, 0.1) is 0 Å². The molecular weight excluding hydrogens is 536 g/mol. The molecule has 7 nitrogen and oxygen atoms in total. The van der Waals surface area contributed by atoms with Crippen molar-refractivity contribution in [2.75, 3.05) is 18.6 Å². The minimum absolute atomic E-state index is 0.0192. The van der Waals surface area contributed by atoms with Gasteiger partial charge in [-0.3, -0.25) is 14.5 Å². The molecule has 0 bridgehead atoms. The van der Waals surface area contributed by atoms with Crippen molar-refractivity contribution in [3.63, 3.8) is 0 Å². The van der Waals surface area contributed by atoms with Gasteiger partial charge in [-0.05, 0) is 54.4 Å². The van der Waals surface area contributed by atoms with Crippen molar-refractivity contribution >= 4 is 38.6 Å². The molecule has 0 saturated heterocycles. The Bertz CT molecular complexity index is 1500. The van der Waals surface area contributed by atoms with Gasteiger partial charge < -0.3 is 13.9 Å². The monoisotopic (exact) mass is 562 g/mol. The fraction of sp³-hybridized carbons (Fsp3) is 0.276. The lowest BCUT2D eigenvalue weighted by Gasteiger charge is -2.25. The minimum atomic E-state index is -0.746. The summed E-state index contributed by atoms with van der Waals surface area (Å²) in [6.07, 6.45) is 6.01. The number of carbonyl (C=O) groups is 1. The molecule has 2 aromatic heterocycles. The number of anilines is 1. The molecule has 3 heterocycles. The number of pyridine rings is 1. The van der Waals surface area contributed by atoms with E-state index >= 15 is 0 Å². The van der Waals surface area contributed by atoms with Crippen LogP contribution < -0.4 is 19.8 Å². The maximum atomic E-state index is 13.8. The molecular formula is C29H27BrN2O5. The lowest BCUT2D eigenvalue weighted by atomic mass is 9.98. The summed E-state index contributed by atoms with van der Waals surface area (Å²) >= 11 is 3.43. The lowest BCUT2D eigenvalue weighted by molar-refractivity contribution is 0.0970. The van der Waals surface area contributed by atoms with Crippen molar-refractivity contribution in [1.82, 2.24) is 4.98 Å². The number of unbranched alkanes of at least 4 members (excludes halogenated alkanes) is 3. The highest BCUT2D eigenvalue weighted by atomic mass is 79.9. The number of nitrogens with zero attached hydrogens (tertiary/aromatic N) is 2. The zero-order valence-electron chi connectivity index (χ0n) is 20.7. The summed E-state index contributed by atoms with van der Waals surface area (Å²) in [6.45, 7) is 2.76. The number of benzene rings is 2. The van der Waals surface area contributed by atoms with Gasteiger partial charge in [-0.25, -0.2) is 4.98 Å². The van der Waals surface area contributed by atoms with Gasteiger partial charge in [-0.15, -0.1) is 0 Å². The van der Waals surface area contributed by atoms with Crippen LogP contribution in [-0.4, -0.2) is 24.6 Å². The van der Waals surface area contributed by atoms with E-state index in [1.54, 1.807) is 49.7 Å². The fourth-order valence-electron chi connectivity index (χ4n) is 4.68. The third-order valence-corrected chi connectivity index (χ3v) is 6.98. The van der Waals surface area contributed by atoms with Gasteiger partial charge >= 0.3 is 0 Å². The van der Waals surface area contributed by atoms with Gasteiger partial charge in [0.25, 0.3) is 5.91 Å². The summed E-state index contributed by atoms with van der Waals surface area (Å²) in [5, 5.41) is 0.396. The first-order valence-electron chi connectivity index (χ1n) is 12.3. The summed E-state index contributed by atoms with van der Waals surface area (Å²) in [4.78, 5) is 33.4. The van der Waals surface area contributed by atoms with Crippen molar-refractivity contribution in [2.45, 2.75) is 38.6 Å².